The van der Waals surface area contributed by atoms with Crippen LogP contribution >= 0.6 is 0 Å². The molecule has 2 amide bonds. The Balaban J connectivity index is 1.36. The Labute approximate surface area is 228 Å². The van der Waals surface area contributed by atoms with Crippen LogP contribution in [0, 0.1) is 0 Å². The smallest absolute Gasteiger partial charge is 0.410 e. The molecule has 7 heteroatoms. The molecule has 1 N–H and O–H groups in total. The number of ether oxygens (including phenoxy) is 1. The SMILES string of the molecule is CC(C)(C)OC(=O)N1CCC(CNC(=O)CCc2ccccc2)(N2CCN(Cc3ccccc3)CC2)CC1. The fraction of sp³-hybridized carbons (Fsp3) is 0.548. The van der Waals surface area contributed by atoms with E-state index >= 15 is 0 Å². The molecular formula is C31H44N4O3. The van der Waals surface area contributed by atoms with Crippen LogP contribution in [-0.4, -0.2) is 83.7 Å². The first-order valence-corrected chi connectivity index (χ1v) is 14.0. The number of piperazine rings is 1. The van der Waals surface area contributed by atoms with Gasteiger partial charge in [-0.25, -0.2) is 4.79 Å². The third kappa shape index (κ3) is 8.05. The highest BCUT2D eigenvalue weighted by atomic mass is 16.6. The summed E-state index contributed by atoms with van der Waals surface area (Å²) in [6.45, 7) is 12.5. The Kier molecular flexibility index (Phi) is 9.44. The Morgan fingerprint density at radius 2 is 1.42 bits per heavy atom. The van der Waals surface area contributed by atoms with Gasteiger partial charge >= 0.3 is 6.09 Å². The van der Waals surface area contributed by atoms with E-state index < -0.39 is 5.60 Å². The number of rotatable bonds is 8. The van der Waals surface area contributed by atoms with E-state index in [1.165, 1.54) is 11.1 Å². The second-order valence-electron chi connectivity index (χ2n) is 11.7. The summed E-state index contributed by atoms with van der Waals surface area (Å²) in [5.41, 5.74) is 1.86. The molecule has 2 heterocycles. The van der Waals surface area contributed by atoms with Crippen molar-refractivity contribution in [3.8, 4) is 0 Å². The second kappa shape index (κ2) is 12.8. The standard InChI is InChI=1S/C31H44N4O3/c1-30(2,3)38-29(37)34-18-16-31(17-19-34,25-32-28(36)15-14-26-10-6-4-7-11-26)35-22-20-33(21-23-35)24-27-12-8-5-9-13-27/h4-13H,14-25H2,1-3H3,(H,32,36). The summed E-state index contributed by atoms with van der Waals surface area (Å²) >= 11 is 0. The van der Waals surface area contributed by atoms with Gasteiger partial charge in [-0.2, -0.15) is 0 Å². The highest BCUT2D eigenvalue weighted by Crippen LogP contribution is 2.31. The fourth-order valence-electron chi connectivity index (χ4n) is 5.51. The Hall–Kier alpha value is -2.90. The molecule has 4 rings (SSSR count). The van der Waals surface area contributed by atoms with Gasteiger partial charge in [0.2, 0.25) is 5.91 Å². The van der Waals surface area contributed by atoms with Crippen LogP contribution in [0.3, 0.4) is 0 Å². The van der Waals surface area contributed by atoms with Gasteiger partial charge in [0, 0.05) is 64.3 Å². The Bertz CT molecular complexity index is 1020. The van der Waals surface area contributed by atoms with Crippen molar-refractivity contribution in [3.63, 3.8) is 0 Å². The number of carbonyl (C=O) groups excluding carboxylic acids is 2. The average Bonchev–Trinajstić information content (AvgIpc) is 2.92. The summed E-state index contributed by atoms with van der Waals surface area (Å²) in [6.07, 6.45) is 2.62. The number of piperidine rings is 1. The van der Waals surface area contributed by atoms with Crippen molar-refractivity contribution < 1.29 is 14.3 Å². The minimum Gasteiger partial charge on any atom is -0.444 e. The molecule has 206 valence electrons. The molecule has 2 aliphatic heterocycles. The summed E-state index contributed by atoms with van der Waals surface area (Å²) in [7, 11) is 0. The largest absolute Gasteiger partial charge is 0.444 e. The molecule has 2 fully saturated rings. The predicted molar refractivity (Wildman–Crippen MR) is 151 cm³/mol. The Morgan fingerprint density at radius 3 is 2.00 bits per heavy atom. The number of aryl methyl sites for hydroxylation is 1. The van der Waals surface area contributed by atoms with Crippen LogP contribution in [0.5, 0.6) is 0 Å². The van der Waals surface area contributed by atoms with E-state index in [0.717, 1.165) is 52.0 Å². The molecule has 2 aliphatic rings. The van der Waals surface area contributed by atoms with Gasteiger partial charge in [0.05, 0.1) is 0 Å². The first-order chi connectivity index (χ1) is 18.2. The topological polar surface area (TPSA) is 65.1 Å². The van der Waals surface area contributed by atoms with Crippen LogP contribution in [0.2, 0.25) is 0 Å². The zero-order chi connectivity index (χ0) is 27.0. The van der Waals surface area contributed by atoms with Gasteiger partial charge in [-0.15, -0.1) is 0 Å². The van der Waals surface area contributed by atoms with Crippen molar-refractivity contribution in [1.82, 2.24) is 20.0 Å². The van der Waals surface area contributed by atoms with Gasteiger partial charge in [-0.05, 0) is 51.2 Å². The van der Waals surface area contributed by atoms with Crippen LogP contribution in [0.25, 0.3) is 0 Å². The monoisotopic (exact) mass is 520 g/mol. The first-order valence-electron chi connectivity index (χ1n) is 14.0. The van der Waals surface area contributed by atoms with Crippen LogP contribution in [0.1, 0.15) is 51.2 Å². The van der Waals surface area contributed by atoms with Crippen LogP contribution in [0.15, 0.2) is 60.7 Å². The van der Waals surface area contributed by atoms with E-state index in [9.17, 15) is 9.59 Å². The first kappa shape index (κ1) is 28.1. The zero-order valence-electron chi connectivity index (χ0n) is 23.3. The number of likely N-dealkylation sites (tertiary alicyclic amines) is 1. The van der Waals surface area contributed by atoms with Gasteiger partial charge < -0.3 is 15.0 Å². The normalized spacial score (nSPS) is 18.7. The molecule has 0 saturated carbocycles. The molecule has 0 atom stereocenters. The number of hydrogen-bond donors (Lipinski definition) is 1. The molecule has 2 aromatic rings. The number of carbonyl (C=O) groups is 2. The van der Waals surface area contributed by atoms with Crippen LogP contribution < -0.4 is 5.32 Å². The van der Waals surface area contributed by atoms with E-state index in [2.05, 4.69) is 57.6 Å². The molecule has 0 spiro atoms. The lowest BCUT2D eigenvalue weighted by Crippen LogP contribution is -2.64. The Morgan fingerprint density at radius 1 is 0.842 bits per heavy atom. The second-order valence-corrected chi connectivity index (χ2v) is 11.7. The molecule has 0 unspecified atom stereocenters. The lowest BCUT2D eigenvalue weighted by Gasteiger charge is -2.51. The number of benzene rings is 2. The summed E-state index contributed by atoms with van der Waals surface area (Å²) in [4.78, 5) is 32.5. The van der Waals surface area contributed by atoms with E-state index in [0.29, 0.717) is 26.1 Å². The molecule has 7 nitrogen and oxygen atoms in total. The third-order valence-corrected chi connectivity index (χ3v) is 7.74. The molecule has 2 saturated heterocycles. The van der Waals surface area contributed by atoms with E-state index in [4.69, 9.17) is 4.74 Å². The predicted octanol–water partition coefficient (Wildman–Crippen LogP) is 4.32. The van der Waals surface area contributed by atoms with Crippen molar-refractivity contribution in [2.75, 3.05) is 45.8 Å². The summed E-state index contributed by atoms with van der Waals surface area (Å²) in [6, 6.07) is 20.8. The third-order valence-electron chi connectivity index (χ3n) is 7.74. The number of nitrogens with zero attached hydrogens (tertiary/aromatic N) is 3. The summed E-state index contributed by atoms with van der Waals surface area (Å²) in [5.74, 6) is 0.0884. The van der Waals surface area contributed by atoms with E-state index in [1.54, 1.807) is 0 Å². The van der Waals surface area contributed by atoms with Gasteiger partial charge in [0.15, 0.2) is 0 Å². The minimum absolute atomic E-state index is 0.0884. The quantitative estimate of drug-likeness (QED) is 0.562. The number of nitrogens with one attached hydrogen (secondary N) is 1. The molecule has 0 bridgehead atoms. The maximum atomic E-state index is 12.8. The van der Waals surface area contributed by atoms with Crippen molar-refractivity contribution in [1.29, 1.82) is 0 Å². The van der Waals surface area contributed by atoms with Crippen LogP contribution in [0.4, 0.5) is 4.79 Å². The highest BCUT2D eigenvalue weighted by Gasteiger charge is 2.42. The molecule has 0 aromatic heterocycles. The molecule has 0 aliphatic carbocycles. The van der Waals surface area contributed by atoms with E-state index in [-0.39, 0.29) is 17.5 Å². The van der Waals surface area contributed by atoms with Crippen LogP contribution in [-0.2, 0) is 22.5 Å². The lowest BCUT2D eigenvalue weighted by atomic mass is 9.84. The van der Waals surface area contributed by atoms with Gasteiger partial charge in [0.25, 0.3) is 0 Å². The van der Waals surface area contributed by atoms with Crippen molar-refractivity contribution in [3.05, 3.63) is 71.8 Å². The van der Waals surface area contributed by atoms with Gasteiger partial charge in [-0.3, -0.25) is 14.6 Å². The van der Waals surface area contributed by atoms with E-state index in [1.807, 2.05) is 43.9 Å². The molecular weight excluding hydrogens is 476 g/mol. The molecule has 2 aromatic carbocycles. The molecule has 0 radical (unpaired) electrons. The summed E-state index contributed by atoms with van der Waals surface area (Å²) in [5, 5.41) is 3.27. The zero-order valence-corrected chi connectivity index (χ0v) is 23.3. The minimum atomic E-state index is -0.507. The highest BCUT2D eigenvalue weighted by molar-refractivity contribution is 5.76. The maximum Gasteiger partial charge on any atom is 0.410 e. The van der Waals surface area contributed by atoms with Crippen molar-refractivity contribution >= 4 is 12.0 Å². The number of hydrogen-bond acceptors (Lipinski definition) is 5. The van der Waals surface area contributed by atoms with Crippen molar-refractivity contribution in [2.45, 2.75) is 64.1 Å². The molecule has 38 heavy (non-hydrogen) atoms. The summed E-state index contributed by atoms with van der Waals surface area (Å²) < 4.78 is 5.63. The average molecular weight is 521 g/mol. The lowest BCUT2D eigenvalue weighted by molar-refractivity contribution is -0.122. The maximum absolute atomic E-state index is 12.8. The van der Waals surface area contributed by atoms with Crippen molar-refractivity contribution in [2.24, 2.45) is 0 Å². The van der Waals surface area contributed by atoms with Gasteiger partial charge in [-0.1, -0.05) is 60.7 Å². The van der Waals surface area contributed by atoms with Gasteiger partial charge in [0.1, 0.15) is 5.60 Å². The number of amides is 2. The fourth-order valence-corrected chi connectivity index (χ4v) is 5.51.